The monoisotopic (exact) mass is 466 g/mol. The largest absolute Gasteiger partial charge is 0.392 e. The van der Waals surface area contributed by atoms with Crippen molar-refractivity contribution in [3.05, 3.63) is 101 Å². The molecule has 2 amide bonds. The molecule has 3 aromatic carbocycles. The van der Waals surface area contributed by atoms with E-state index >= 15 is 0 Å². The molecular formula is C27H25F3N2O2. The summed E-state index contributed by atoms with van der Waals surface area (Å²) in [6, 6.07) is 20.8. The quantitative estimate of drug-likeness (QED) is 0.479. The first-order valence-corrected chi connectivity index (χ1v) is 11.0. The van der Waals surface area contributed by atoms with Crippen LogP contribution in [0.3, 0.4) is 0 Å². The minimum atomic E-state index is -4.54. The topological polar surface area (TPSA) is 49.4 Å². The van der Waals surface area contributed by atoms with Crippen LogP contribution in [0.1, 0.15) is 45.5 Å². The number of anilines is 1. The zero-order valence-corrected chi connectivity index (χ0v) is 18.9. The molecule has 2 unspecified atom stereocenters. The lowest BCUT2D eigenvalue weighted by Gasteiger charge is -2.26. The summed E-state index contributed by atoms with van der Waals surface area (Å²) in [5.74, 6) is -4.07. The van der Waals surface area contributed by atoms with Gasteiger partial charge in [-0.3, -0.25) is 9.59 Å². The standard InChI is InChI=1S/C27H25F3N2O2/c1-17-6-5-8-22(14-17)31-25(33)24(18(2)27(28,29)30)20-12-10-19(11-13-20)15-32-16-21-7-3-4-9-23(21)26(32)34/h3-14,18,24H,15-16H2,1-2H3,(H,31,33). The number of amides is 2. The maximum Gasteiger partial charge on any atom is 0.392 e. The lowest BCUT2D eigenvalue weighted by molar-refractivity contribution is -0.178. The first-order valence-electron chi connectivity index (χ1n) is 11.0. The van der Waals surface area contributed by atoms with Crippen molar-refractivity contribution >= 4 is 17.5 Å². The van der Waals surface area contributed by atoms with Crippen LogP contribution in [-0.2, 0) is 17.9 Å². The van der Waals surface area contributed by atoms with Gasteiger partial charge in [-0.15, -0.1) is 0 Å². The number of aryl methyl sites for hydroxylation is 1. The Balaban J connectivity index is 1.54. The lowest BCUT2D eigenvalue weighted by atomic mass is 9.85. The summed E-state index contributed by atoms with van der Waals surface area (Å²) < 4.78 is 40.9. The number of benzene rings is 3. The Morgan fingerprint density at radius 1 is 1.03 bits per heavy atom. The summed E-state index contributed by atoms with van der Waals surface area (Å²) >= 11 is 0. The van der Waals surface area contributed by atoms with Crippen LogP contribution in [-0.4, -0.2) is 22.9 Å². The average Bonchev–Trinajstić information content (AvgIpc) is 3.10. The normalized spacial score (nSPS) is 15.1. The fraction of sp³-hybridized carbons (Fsp3) is 0.259. The van der Waals surface area contributed by atoms with Crippen LogP contribution < -0.4 is 5.32 Å². The second-order valence-electron chi connectivity index (χ2n) is 8.73. The molecule has 1 aliphatic heterocycles. The van der Waals surface area contributed by atoms with Crippen LogP contribution in [0.25, 0.3) is 0 Å². The third-order valence-corrected chi connectivity index (χ3v) is 6.19. The molecule has 7 heteroatoms. The molecule has 0 radical (unpaired) electrons. The highest BCUT2D eigenvalue weighted by atomic mass is 19.4. The van der Waals surface area contributed by atoms with E-state index in [2.05, 4.69) is 5.32 Å². The predicted octanol–water partition coefficient (Wildman–Crippen LogP) is 6.07. The number of nitrogens with one attached hydrogen (secondary N) is 1. The number of carbonyl (C=O) groups is 2. The van der Waals surface area contributed by atoms with Crippen molar-refractivity contribution in [1.29, 1.82) is 0 Å². The third kappa shape index (κ3) is 4.98. The average molecular weight is 467 g/mol. The number of nitrogens with zero attached hydrogens (tertiary/aromatic N) is 1. The molecular weight excluding hydrogens is 441 g/mol. The Labute approximate surface area is 196 Å². The van der Waals surface area contributed by atoms with Crippen molar-refractivity contribution in [3.8, 4) is 0 Å². The van der Waals surface area contributed by atoms with E-state index < -0.39 is 23.9 Å². The van der Waals surface area contributed by atoms with Gasteiger partial charge in [0.05, 0.1) is 11.8 Å². The van der Waals surface area contributed by atoms with Gasteiger partial charge in [-0.25, -0.2) is 0 Å². The van der Waals surface area contributed by atoms with E-state index in [9.17, 15) is 22.8 Å². The van der Waals surface area contributed by atoms with E-state index in [1.807, 2.05) is 31.2 Å². The molecule has 0 aliphatic carbocycles. The van der Waals surface area contributed by atoms with E-state index in [1.54, 1.807) is 53.4 Å². The van der Waals surface area contributed by atoms with Crippen LogP contribution in [0, 0.1) is 12.8 Å². The predicted molar refractivity (Wildman–Crippen MR) is 124 cm³/mol. The van der Waals surface area contributed by atoms with E-state index in [4.69, 9.17) is 0 Å². The van der Waals surface area contributed by atoms with E-state index in [1.165, 1.54) is 0 Å². The number of alkyl halides is 3. The molecule has 2 atom stereocenters. The van der Waals surface area contributed by atoms with Gasteiger partial charge >= 0.3 is 6.18 Å². The molecule has 1 N–H and O–H groups in total. The maximum atomic E-state index is 13.6. The van der Waals surface area contributed by atoms with Crippen LogP contribution in [0.5, 0.6) is 0 Å². The summed E-state index contributed by atoms with van der Waals surface area (Å²) in [5.41, 5.74) is 4.02. The van der Waals surface area contributed by atoms with Crippen LogP contribution in [0.4, 0.5) is 18.9 Å². The summed E-state index contributed by atoms with van der Waals surface area (Å²) in [5, 5.41) is 2.63. The molecule has 0 fully saturated rings. The lowest BCUT2D eigenvalue weighted by Crippen LogP contribution is -2.34. The summed E-state index contributed by atoms with van der Waals surface area (Å²) in [7, 11) is 0. The minimum absolute atomic E-state index is 0.0687. The van der Waals surface area contributed by atoms with Gasteiger partial charge in [0.25, 0.3) is 5.91 Å². The van der Waals surface area contributed by atoms with Gasteiger partial charge in [0.1, 0.15) is 0 Å². The molecule has 176 valence electrons. The van der Waals surface area contributed by atoms with Gasteiger partial charge in [-0.05, 0) is 47.4 Å². The maximum absolute atomic E-state index is 13.6. The van der Waals surface area contributed by atoms with Gasteiger partial charge in [0.2, 0.25) is 5.91 Å². The van der Waals surface area contributed by atoms with Crippen molar-refractivity contribution in [2.24, 2.45) is 5.92 Å². The zero-order valence-electron chi connectivity index (χ0n) is 18.9. The second kappa shape index (κ2) is 9.33. The third-order valence-electron chi connectivity index (χ3n) is 6.19. The van der Waals surface area contributed by atoms with Gasteiger partial charge in [-0.1, -0.05) is 61.5 Å². The molecule has 0 saturated carbocycles. The van der Waals surface area contributed by atoms with E-state index in [-0.39, 0.29) is 11.5 Å². The summed E-state index contributed by atoms with van der Waals surface area (Å²) in [6.07, 6.45) is -4.54. The van der Waals surface area contributed by atoms with Crippen molar-refractivity contribution in [1.82, 2.24) is 4.90 Å². The molecule has 1 aliphatic rings. The van der Waals surface area contributed by atoms with Crippen LogP contribution in [0.2, 0.25) is 0 Å². The Morgan fingerprint density at radius 3 is 2.38 bits per heavy atom. The minimum Gasteiger partial charge on any atom is -0.330 e. The summed E-state index contributed by atoms with van der Waals surface area (Å²) in [4.78, 5) is 27.3. The van der Waals surface area contributed by atoms with E-state index in [0.29, 0.717) is 24.3 Å². The molecule has 3 aromatic rings. The number of rotatable bonds is 6. The molecule has 0 bridgehead atoms. The SMILES string of the molecule is Cc1cccc(NC(=O)C(c2ccc(CN3Cc4ccccc4C3=O)cc2)C(C)C(F)(F)F)c1. The Morgan fingerprint density at radius 2 is 1.74 bits per heavy atom. The van der Waals surface area contributed by atoms with Gasteiger partial charge in [-0.2, -0.15) is 13.2 Å². The number of hydrogen-bond acceptors (Lipinski definition) is 2. The van der Waals surface area contributed by atoms with Crippen molar-refractivity contribution < 1.29 is 22.8 Å². The first kappa shape index (κ1) is 23.5. The molecule has 0 aromatic heterocycles. The number of carbonyl (C=O) groups excluding carboxylic acids is 2. The van der Waals surface area contributed by atoms with Crippen LogP contribution >= 0.6 is 0 Å². The highest BCUT2D eigenvalue weighted by Crippen LogP contribution is 2.38. The molecule has 34 heavy (non-hydrogen) atoms. The molecule has 4 rings (SSSR count). The fourth-order valence-electron chi connectivity index (χ4n) is 4.29. The van der Waals surface area contributed by atoms with Gasteiger partial charge in [0, 0.05) is 24.3 Å². The summed E-state index contributed by atoms with van der Waals surface area (Å²) in [6.45, 7) is 3.69. The molecule has 0 spiro atoms. The van der Waals surface area contributed by atoms with Crippen molar-refractivity contribution in [2.75, 3.05) is 5.32 Å². The van der Waals surface area contributed by atoms with Crippen LogP contribution in [0.15, 0.2) is 72.8 Å². The molecule has 0 saturated heterocycles. The zero-order chi connectivity index (χ0) is 24.5. The highest BCUT2D eigenvalue weighted by Gasteiger charge is 2.45. The van der Waals surface area contributed by atoms with E-state index in [0.717, 1.165) is 23.6 Å². The van der Waals surface area contributed by atoms with Crippen molar-refractivity contribution in [3.63, 3.8) is 0 Å². The Hall–Kier alpha value is -3.61. The smallest absolute Gasteiger partial charge is 0.330 e. The molecule has 1 heterocycles. The van der Waals surface area contributed by atoms with Crippen molar-refractivity contribution in [2.45, 2.75) is 39.0 Å². The number of halogens is 3. The Bertz CT molecular complexity index is 1200. The highest BCUT2D eigenvalue weighted by molar-refractivity contribution is 5.98. The second-order valence-corrected chi connectivity index (χ2v) is 8.73. The Kier molecular flexibility index (Phi) is 6.46. The van der Waals surface area contributed by atoms with Gasteiger partial charge < -0.3 is 10.2 Å². The fourth-order valence-corrected chi connectivity index (χ4v) is 4.29. The van der Waals surface area contributed by atoms with Gasteiger partial charge in [0.15, 0.2) is 0 Å². The number of fused-ring (bicyclic) bond motifs is 1. The number of hydrogen-bond donors (Lipinski definition) is 1. The molecule has 4 nitrogen and oxygen atoms in total. The first-order chi connectivity index (χ1) is 16.1.